The van der Waals surface area contributed by atoms with Crippen molar-refractivity contribution in [1.29, 1.82) is 0 Å². The van der Waals surface area contributed by atoms with Gasteiger partial charge in [0, 0.05) is 31.6 Å². The monoisotopic (exact) mass is 346 g/mol. The van der Waals surface area contributed by atoms with Gasteiger partial charge in [0.1, 0.15) is 11.6 Å². The van der Waals surface area contributed by atoms with E-state index in [1.807, 2.05) is 0 Å². The van der Waals surface area contributed by atoms with Crippen LogP contribution in [0.1, 0.15) is 31.4 Å². The average Bonchev–Trinajstić information content (AvgIpc) is 2.91. The second-order valence-corrected chi connectivity index (χ2v) is 6.24. The minimum absolute atomic E-state index is 0.203. The molecule has 2 heterocycles. The SMILES string of the molecule is CCOC(=O)N1CCC(c2nn(C)c(N)c2-c2ccc(F)cc2)CC1. The normalized spacial score (nSPS) is 15.4. The first-order valence-corrected chi connectivity index (χ1v) is 8.51. The molecule has 2 aromatic rings. The summed E-state index contributed by atoms with van der Waals surface area (Å²) in [6.07, 6.45) is 1.33. The van der Waals surface area contributed by atoms with Crippen LogP contribution in [0.15, 0.2) is 24.3 Å². The predicted octanol–water partition coefficient (Wildman–Crippen LogP) is 3.14. The molecule has 1 aromatic carbocycles. The van der Waals surface area contributed by atoms with Gasteiger partial charge in [-0.25, -0.2) is 9.18 Å². The number of amides is 1. The second-order valence-electron chi connectivity index (χ2n) is 6.24. The van der Waals surface area contributed by atoms with E-state index in [9.17, 15) is 9.18 Å². The van der Waals surface area contributed by atoms with E-state index < -0.39 is 0 Å². The Morgan fingerprint density at radius 3 is 2.56 bits per heavy atom. The highest BCUT2D eigenvalue weighted by molar-refractivity contribution is 5.77. The van der Waals surface area contributed by atoms with Gasteiger partial charge in [0.05, 0.1) is 12.3 Å². The highest BCUT2D eigenvalue weighted by Crippen LogP contribution is 2.38. The van der Waals surface area contributed by atoms with Gasteiger partial charge in [-0.05, 0) is 37.5 Å². The van der Waals surface area contributed by atoms with Gasteiger partial charge >= 0.3 is 6.09 Å². The Bertz CT molecular complexity index is 749. The standard InChI is InChI=1S/C18H23FN4O2/c1-3-25-18(24)23-10-8-13(9-11-23)16-15(17(20)22(2)21-16)12-4-6-14(19)7-5-12/h4-7,13H,3,8-11,20H2,1-2H3. The Labute approximate surface area is 146 Å². The third-order valence-corrected chi connectivity index (χ3v) is 4.66. The fourth-order valence-electron chi connectivity index (χ4n) is 3.31. The molecule has 1 aromatic heterocycles. The van der Waals surface area contributed by atoms with E-state index in [0.29, 0.717) is 25.5 Å². The summed E-state index contributed by atoms with van der Waals surface area (Å²) in [7, 11) is 1.81. The van der Waals surface area contributed by atoms with Crippen molar-refractivity contribution in [2.45, 2.75) is 25.7 Å². The zero-order chi connectivity index (χ0) is 18.0. The maximum atomic E-state index is 13.2. The van der Waals surface area contributed by atoms with Crippen molar-refractivity contribution in [2.24, 2.45) is 7.05 Å². The van der Waals surface area contributed by atoms with Crippen molar-refractivity contribution in [3.63, 3.8) is 0 Å². The summed E-state index contributed by atoms with van der Waals surface area (Å²) >= 11 is 0. The van der Waals surface area contributed by atoms with Gasteiger partial charge in [-0.3, -0.25) is 4.68 Å². The lowest BCUT2D eigenvalue weighted by Gasteiger charge is -2.30. The molecule has 1 fully saturated rings. The van der Waals surface area contributed by atoms with Crippen molar-refractivity contribution >= 4 is 11.9 Å². The summed E-state index contributed by atoms with van der Waals surface area (Å²) in [5.74, 6) is 0.485. The molecule has 0 saturated carbocycles. The van der Waals surface area contributed by atoms with E-state index >= 15 is 0 Å². The van der Waals surface area contributed by atoms with Crippen LogP contribution in [0.3, 0.4) is 0 Å². The fourth-order valence-corrected chi connectivity index (χ4v) is 3.31. The highest BCUT2D eigenvalue weighted by Gasteiger charge is 2.29. The smallest absolute Gasteiger partial charge is 0.409 e. The van der Waals surface area contributed by atoms with Gasteiger partial charge in [0.15, 0.2) is 0 Å². The lowest BCUT2D eigenvalue weighted by atomic mass is 9.89. The van der Waals surface area contributed by atoms with Crippen LogP contribution in [0.25, 0.3) is 11.1 Å². The fraction of sp³-hybridized carbons (Fsp3) is 0.444. The van der Waals surface area contributed by atoms with Crippen molar-refractivity contribution in [3.05, 3.63) is 35.8 Å². The van der Waals surface area contributed by atoms with Gasteiger partial charge in [0.25, 0.3) is 0 Å². The number of nitrogens with zero attached hydrogens (tertiary/aromatic N) is 3. The molecule has 2 N–H and O–H groups in total. The number of nitrogen functional groups attached to an aromatic ring is 1. The summed E-state index contributed by atoms with van der Waals surface area (Å²) < 4.78 is 20.0. The van der Waals surface area contributed by atoms with E-state index in [2.05, 4.69) is 5.10 Å². The number of aromatic nitrogens is 2. The van der Waals surface area contributed by atoms with Crippen LogP contribution in [-0.2, 0) is 11.8 Å². The molecule has 134 valence electrons. The molecule has 0 atom stereocenters. The molecule has 0 bridgehead atoms. The molecule has 6 nitrogen and oxygen atoms in total. The Hall–Kier alpha value is -2.57. The summed E-state index contributed by atoms with van der Waals surface area (Å²) in [5.41, 5.74) is 8.84. The lowest BCUT2D eigenvalue weighted by Crippen LogP contribution is -2.38. The number of carbonyl (C=O) groups is 1. The van der Waals surface area contributed by atoms with Gasteiger partial charge < -0.3 is 15.4 Å². The van der Waals surface area contributed by atoms with Crippen LogP contribution < -0.4 is 5.73 Å². The number of aryl methyl sites for hydroxylation is 1. The van der Waals surface area contributed by atoms with Gasteiger partial charge in [-0.15, -0.1) is 0 Å². The predicted molar refractivity (Wildman–Crippen MR) is 93.6 cm³/mol. The second kappa shape index (κ2) is 7.13. The number of hydrogen-bond acceptors (Lipinski definition) is 4. The maximum Gasteiger partial charge on any atom is 0.409 e. The van der Waals surface area contributed by atoms with Crippen LogP contribution >= 0.6 is 0 Å². The Kier molecular flexibility index (Phi) is 4.92. The number of rotatable bonds is 3. The number of halogens is 1. The largest absolute Gasteiger partial charge is 0.450 e. The molecule has 3 rings (SSSR count). The molecule has 0 aliphatic carbocycles. The van der Waals surface area contributed by atoms with Crippen molar-refractivity contribution in [1.82, 2.24) is 14.7 Å². The highest BCUT2D eigenvalue weighted by atomic mass is 19.1. The van der Waals surface area contributed by atoms with E-state index in [4.69, 9.17) is 10.5 Å². The van der Waals surface area contributed by atoms with Crippen LogP contribution in [0.5, 0.6) is 0 Å². The van der Waals surface area contributed by atoms with E-state index in [-0.39, 0.29) is 17.8 Å². The molecule has 1 aliphatic heterocycles. The molecular weight excluding hydrogens is 323 g/mol. The third kappa shape index (κ3) is 3.45. The quantitative estimate of drug-likeness (QED) is 0.926. The third-order valence-electron chi connectivity index (χ3n) is 4.66. The van der Waals surface area contributed by atoms with Crippen molar-refractivity contribution in [3.8, 4) is 11.1 Å². The Balaban J connectivity index is 1.83. The minimum Gasteiger partial charge on any atom is -0.450 e. The lowest BCUT2D eigenvalue weighted by molar-refractivity contribution is 0.0968. The van der Waals surface area contributed by atoms with E-state index in [1.54, 1.807) is 35.7 Å². The zero-order valence-electron chi connectivity index (χ0n) is 14.5. The molecule has 7 heteroatoms. The summed E-state index contributed by atoms with van der Waals surface area (Å²) in [6, 6.07) is 6.30. The number of hydrogen-bond donors (Lipinski definition) is 1. The minimum atomic E-state index is -0.282. The van der Waals surface area contributed by atoms with Crippen LogP contribution in [0.4, 0.5) is 15.0 Å². The number of anilines is 1. The number of ether oxygens (including phenoxy) is 1. The molecule has 1 aliphatic rings. The molecule has 1 saturated heterocycles. The van der Waals surface area contributed by atoms with Crippen LogP contribution in [-0.4, -0.2) is 40.5 Å². The van der Waals surface area contributed by atoms with Gasteiger partial charge in [-0.1, -0.05) is 12.1 Å². The van der Waals surface area contributed by atoms with Crippen molar-refractivity contribution < 1.29 is 13.9 Å². The van der Waals surface area contributed by atoms with Gasteiger partial charge in [-0.2, -0.15) is 5.10 Å². The molecule has 0 spiro atoms. The molecule has 1 amide bonds. The number of piperidine rings is 1. The first kappa shape index (κ1) is 17.3. The molecule has 0 unspecified atom stereocenters. The van der Waals surface area contributed by atoms with Gasteiger partial charge in [0.2, 0.25) is 0 Å². The Morgan fingerprint density at radius 1 is 1.32 bits per heavy atom. The van der Waals surface area contributed by atoms with Crippen LogP contribution in [0, 0.1) is 5.82 Å². The Morgan fingerprint density at radius 2 is 1.96 bits per heavy atom. The number of benzene rings is 1. The average molecular weight is 346 g/mol. The van der Waals surface area contributed by atoms with Crippen molar-refractivity contribution in [2.75, 3.05) is 25.4 Å². The molecule has 0 radical (unpaired) electrons. The molecule has 25 heavy (non-hydrogen) atoms. The topological polar surface area (TPSA) is 73.4 Å². The summed E-state index contributed by atoms with van der Waals surface area (Å²) in [6.45, 7) is 3.44. The zero-order valence-corrected chi connectivity index (χ0v) is 14.5. The van der Waals surface area contributed by atoms with E-state index in [1.165, 1.54) is 12.1 Å². The first-order valence-electron chi connectivity index (χ1n) is 8.51. The summed E-state index contributed by atoms with van der Waals surface area (Å²) in [4.78, 5) is 13.6. The van der Waals surface area contributed by atoms with Crippen LogP contribution in [0.2, 0.25) is 0 Å². The van der Waals surface area contributed by atoms with E-state index in [0.717, 1.165) is 29.7 Å². The first-order chi connectivity index (χ1) is 12.0. The number of carbonyl (C=O) groups excluding carboxylic acids is 1. The number of likely N-dealkylation sites (tertiary alicyclic amines) is 1. The number of nitrogens with two attached hydrogens (primary N) is 1. The molecular formula is C18H23FN4O2. The maximum absolute atomic E-state index is 13.2. The summed E-state index contributed by atoms with van der Waals surface area (Å²) in [5, 5.41) is 4.60.